The summed E-state index contributed by atoms with van der Waals surface area (Å²) in [4.78, 5) is 43.6. The van der Waals surface area contributed by atoms with Crippen LogP contribution in [-0.2, 0) is 11.3 Å². The number of carbonyl (C=O) groups excluding carboxylic acids is 1. The van der Waals surface area contributed by atoms with E-state index in [-0.39, 0.29) is 17.6 Å². The van der Waals surface area contributed by atoms with Crippen LogP contribution in [0.5, 0.6) is 0 Å². The highest BCUT2D eigenvalue weighted by molar-refractivity contribution is 6.31. The first-order valence-corrected chi connectivity index (χ1v) is 8.88. The molecule has 0 saturated heterocycles. The third kappa shape index (κ3) is 3.73. The van der Waals surface area contributed by atoms with Gasteiger partial charge >= 0.3 is 0 Å². The Morgan fingerprint density at radius 1 is 1.20 bits per heavy atom. The Morgan fingerprint density at radius 3 is 2.77 bits per heavy atom. The van der Waals surface area contributed by atoms with Gasteiger partial charge < -0.3 is 5.32 Å². The van der Waals surface area contributed by atoms with E-state index in [1.807, 2.05) is 0 Å². The topological polar surface area (TPSA) is 138 Å². The van der Waals surface area contributed by atoms with E-state index in [1.54, 1.807) is 18.2 Å². The van der Waals surface area contributed by atoms with Crippen molar-refractivity contribution in [1.29, 1.82) is 0 Å². The zero-order valence-corrected chi connectivity index (χ0v) is 15.9. The van der Waals surface area contributed by atoms with E-state index in [4.69, 9.17) is 11.6 Å². The summed E-state index contributed by atoms with van der Waals surface area (Å²) in [5.41, 5.74) is 0.396. The third-order valence-electron chi connectivity index (χ3n) is 4.23. The molecular weight excluding hydrogens is 414 g/mol. The number of fused-ring (bicyclic) bond motifs is 1. The number of non-ortho nitro benzene ring substituents is 1. The van der Waals surface area contributed by atoms with E-state index in [9.17, 15) is 19.7 Å². The lowest BCUT2D eigenvalue weighted by molar-refractivity contribution is -0.384. The molecule has 12 heteroatoms. The standard InChI is InChI=1S/C18H12ClN7O4/c19-11-1-4-16(25-9-20-8-22-25)15(5-11)23-17(27)7-24-10-21-14-3-2-12(26(29)30)6-13(14)18(24)28/h1-6,8-10H,7H2,(H,23,27). The zero-order chi connectivity index (χ0) is 21.3. The Hall–Kier alpha value is -4.12. The van der Waals surface area contributed by atoms with E-state index < -0.39 is 16.4 Å². The van der Waals surface area contributed by atoms with Crippen LogP contribution in [-0.4, -0.2) is 35.1 Å². The van der Waals surface area contributed by atoms with Gasteiger partial charge in [-0.25, -0.2) is 14.6 Å². The van der Waals surface area contributed by atoms with Crippen LogP contribution in [0.1, 0.15) is 0 Å². The Balaban J connectivity index is 1.63. The quantitative estimate of drug-likeness (QED) is 0.382. The molecule has 150 valence electrons. The molecule has 0 atom stereocenters. The molecule has 2 aromatic heterocycles. The molecule has 11 nitrogen and oxygen atoms in total. The number of nitro benzene ring substituents is 1. The third-order valence-corrected chi connectivity index (χ3v) is 4.47. The predicted octanol–water partition coefficient (Wildman–Crippen LogP) is 2.18. The first kappa shape index (κ1) is 19.2. The Labute approximate surface area is 172 Å². The number of carbonyl (C=O) groups is 1. The van der Waals surface area contributed by atoms with Crippen molar-refractivity contribution in [2.45, 2.75) is 6.54 Å². The van der Waals surface area contributed by atoms with Crippen LogP contribution in [0.4, 0.5) is 11.4 Å². The number of rotatable bonds is 5. The smallest absolute Gasteiger partial charge is 0.270 e. The number of benzene rings is 2. The number of amides is 1. The van der Waals surface area contributed by atoms with Gasteiger partial charge in [0.15, 0.2) is 0 Å². The maximum absolute atomic E-state index is 12.7. The van der Waals surface area contributed by atoms with E-state index in [0.717, 1.165) is 10.6 Å². The summed E-state index contributed by atoms with van der Waals surface area (Å²) in [7, 11) is 0. The monoisotopic (exact) mass is 425 g/mol. The molecule has 4 aromatic rings. The molecule has 0 spiro atoms. The highest BCUT2D eigenvalue weighted by Crippen LogP contribution is 2.24. The summed E-state index contributed by atoms with van der Waals surface area (Å²) in [6, 6.07) is 8.63. The van der Waals surface area contributed by atoms with Gasteiger partial charge in [-0.3, -0.25) is 24.3 Å². The molecule has 0 bridgehead atoms. The Morgan fingerprint density at radius 2 is 2.03 bits per heavy atom. The van der Waals surface area contributed by atoms with Gasteiger partial charge in [0.05, 0.1) is 33.5 Å². The Bertz CT molecular complexity index is 1330. The molecule has 0 saturated carbocycles. The van der Waals surface area contributed by atoms with Crippen molar-refractivity contribution in [2.24, 2.45) is 0 Å². The first-order chi connectivity index (χ1) is 14.4. The van der Waals surface area contributed by atoms with Crippen molar-refractivity contribution >= 4 is 39.8 Å². The average molecular weight is 426 g/mol. The lowest BCUT2D eigenvalue weighted by Gasteiger charge is -2.12. The number of anilines is 1. The second kappa shape index (κ2) is 7.72. The number of hydrogen-bond acceptors (Lipinski definition) is 7. The summed E-state index contributed by atoms with van der Waals surface area (Å²) >= 11 is 6.04. The van der Waals surface area contributed by atoms with Gasteiger partial charge in [-0.05, 0) is 24.3 Å². The lowest BCUT2D eigenvalue weighted by atomic mass is 10.2. The average Bonchev–Trinajstić information content (AvgIpc) is 3.24. The molecular formula is C18H12ClN7O4. The van der Waals surface area contributed by atoms with E-state index in [2.05, 4.69) is 20.4 Å². The van der Waals surface area contributed by atoms with Gasteiger partial charge in [0, 0.05) is 17.2 Å². The van der Waals surface area contributed by atoms with Gasteiger partial charge in [-0.15, -0.1) is 0 Å². The van der Waals surface area contributed by atoms with Crippen LogP contribution >= 0.6 is 11.6 Å². The minimum Gasteiger partial charge on any atom is -0.323 e. The summed E-state index contributed by atoms with van der Waals surface area (Å²) in [5.74, 6) is -0.521. The van der Waals surface area contributed by atoms with Crippen molar-refractivity contribution < 1.29 is 9.72 Å². The van der Waals surface area contributed by atoms with Gasteiger partial charge in [0.25, 0.3) is 11.2 Å². The van der Waals surface area contributed by atoms with E-state index in [0.29, 0.717) is 21.9 Å². The SMILES string of the molecule is O=C(Cn1cnc2ccc([N+](=O)[O-])cc2c1=O)Nc1cc(Cl)ccc1-n1cncn1. The summed E-state index contributed by atoms with van der Waals surface area (Å²) in [6.45, 7) is -0.353. The fourth-order valence-electron chi connectivity index (χ4n) is 2.86. The number of halogens is 1. The van der Waals surface area contributed by atoms with E-state index in [1.165, 1.54) is 35.8 Å². The fourth-order valence-corrected chi connectivity index (χ4v) is 3.03. The van der Waals surface area contributed by atoms with Crippen molar-refractivity contribution in [3.05, 3.63) is 80.9 Å². The molecule has 2 aromatic carbocycles. The van der Waals surface area contributed by atoms with Crippen molar-refractivity contribution in [3.8, 4) is 5.69 Å². The van der Waals surface area contributed by atoms with Crippen LogP contribution in [0.2, 0.25) is 5.02 Å². The van der Waals surface area contributed by atoms with Crippen molar-refractivity contribution in [2.75, 3.05) is 5.32 Å². The number of aromatic nitrogens is 5. The lowest BCUT2D eigenvalue weighted by Crippen LogP contribution is -2.28. The maximum atomic E-state index is 12.7. The summed E-state index contributed by atoms with van der Waals surface area (Å²) < 4.78 is 2.52. The molecule has 1 N–H and O–H groups in total. The molecule has 2 heterocycles. The highest BCUT2D eigenvalue weighted by Gasteiger charge is 2.14. The highest BCUT2D eigenvalue weighted by atomic mass is 35.5. The second-order valence-corrected chi connectivity index (χ2v) is 6.62. The zero-order valence-electron chi connectivity index (χ0n) is 15.1. The molecule has 4 rings (SSSR count). The molecule has 30 heavy (non-hydrogen) atoms. The minimum atomic E-state index is -0.603. The molecule has 0 aliphatic carbocycles. The summed E-state index contributed by atoms with van der Waals surface area (Å²) in [6.07, 6.45) is 4.02. The summed E-state index contributed by atoms with van der Waals surface area (Å²) in [5, 5.41) is 18.1. The van der Waals surface area contributed by atoms with Gasteiger partial charge in [0.2, 0.25) is 5.91 Å². The van der Waals surface area contributed by atoms with Crippen LogP contribution in [0, 0.1) is 10.1 Å². The molecule has 0 radical (unpaired) electrons. The number of nitrogens with one attached hydrogen (secondary N) is 1. The molecule has 0 fully saturated rings. The Kier molecular flexibility index (Phi) is 4.94. The van der Waals surface area contributed by atoms with Crippen molar-refractivity contribution in [3.63, 3.8) is 0 Å². The molecule has 0 aliphatic heterocycles. The normalized spacial score (nSPS) is 10.8. The first-order valence-electron chi connectivity index (χ1n) is 8.50. The predicted molar refractivity (Wildman–Crippen MR) is 108 cm³/mol. The molecule has 0 aliphatic rings. The van der Waals surface area contributed by atoms with Crippen molar-refractivity contribution in [1.82, 2.24) is 24.3 Å². The molecule has 1 amide bonds. The van der Waals surface area contributed by atoms with E-state index >= 15 is 0 Å². The second-order valence-electron chi connectivity index (χ2n) is 6.19. The van der Waals surface area contributed by atoms with Crippen LogP contribution < -0.4 is 10.9 Å². The van der Waals surface area contributed by atoms with Gasteiger partial charge in [0.1, 0.15) is 19.2 Å². The van der Waals surface area contributed by atoms with Gasteiger partial charge in [-0.1, -0.05) is 11.6 Å². The largest absolute Gasteiger partial charge is 0.323 e. The van der Waals surface area contributed by atoms with Gasteiger partial charge in [-0.2, -0.15) is 5.10 Å². The number of hydrogen-bond donors (Lipinski definition) is 1. The minimum absolute atomic E-state index is 0.0468. The van der Waals surface area contributed by atoms with Crippen LogP contribution in [0.15, 0.2) is 60.2 Å². The number of nitrogens with zero attached hydrogens (tertiary/aromatic N) is 6. The van der Waals surface area contributed by atoms with Crippen LogP contribution in [0.3, 0.4) is 0 Å². The van der Waals surface area contributed by atoms with Crippen LogP contribution in [0.25, 0.3) is 16.6 Å². The molecule has 0 unspecified atom stereocenters. The number of nitro groups is 1. The fraction of sp³-hybridized carbons (Fsp3) is 0.0556. The maximum Gasteiger partial charge on any atom is 0.270 e.